The van der Waals surface area contributed by atoms with E-state index in [4.69, 9.17) is 0 Å². The number of rotatable bonds is 0. The molecule has 1 heteroatoms. The van der Waals surface area contributed by atoms with E-state index in [1.807, 2.05) is 0 Å². The van der Waals surface area contributed by atoms with Crippen LogP contribution in [0.15, 0.2) is 0 Å². The molecule has 2 spiro atoms. The van der Waals surface area contributed by atoms with Crippen molar-refractivity contribution in [2.45, 2.75) is 51.4 Å². The van der Waals surface area contributed by atoms with Gasteiger partial charge in [-0.25, -0.2) is 0 Å². The van der Waals surface area contributed by atoms with Gasteiger partial charge in [0.15, 0.2) is 0 Å². The van der Waals surface area contributed by atoms with Crippen molar-refractivity contribution in [1.29, 1.82) is 0 Å². The van der Waals surface area contributed by atoms with Crippen molar-refractivity contribution in [2.75, 3.05) is 0 Å². The Balaban J connectivity index is 1.90. The lowest BCUT2D eigenvalue weighted by atomic mass is 9.60. The van der Waals surface area contributed by atoms with E-state index in [2.05, 4.69) is 0 Å². The lowest BCUT2D eigenvalue weighted by molar-refractivity contribution is -0.141. The van der Waals surface area contributed by atoms with Crippen LogP contribution in [0.25, 0.3) is 0 Å². The van der Waals surface area contributed by atoms with Crippen LogP contribution in [0.4, 0.5) is 0 Å². The van der Waals surface area contributed by atoms with Crippen LogP contribution in [0.1, 0.15) is 51.4 Å². The van der Waals surface area contributed by atoms with Gasteiger partial charge in [-0.15, -0.1) is 0 Å². The molecule has 0 aromatic rings. The van der Waals surface area contributed by atoms with Crippen LogP contribution < -0.4 is 0 Å². The average molecular weight is 164 g/mol. The van der Waals surface area contributed by atoms with E-state index in [0.717, 1.165) is 0 Å². The third kappa shape index (κ3) is 0.605. The van der Waals surface area contributed by atoms with Crippen molar-refractivity contribution in [3.05, 3.63) is 0 Å². The molecule has 0 saturated heterocycles. The maximum Gasteiger partial charge on any atom is 0.145 e. The maximum absolute atomic E-state index is 12.1. The van der Waals surface area contributed by atoms with Crippen molar-refractivity contribution in [2.24, 2.45) is 10.8 Å². The summed E-state index contributed by atoms with van der Waals surface area (Å²) in [5, 5.41) is 0. The Morgan fingerprint density at radius 3 is 1.33 bits per heavy atom. The minimum atomic E-state index is 0.223. The van der Waals surface area contributed by atoms with Gasteiger partial charge in [-0.2, -0.15) is 0 Å². The van der Waals surface area contributed by atoms with Gasteiger partial charge in [0.1, 0.15) is 5.78 Å². The Kier molecular flexibility index (Phi) is 1.15. The lowest BCUT2D eigenvalue weighted by Crippen LogP contribution is -2.43. The normalized spacial score (nSPS) is 35.2. The van der Waals surface area contributed by atoms with Crippen molar-refractivity contribution >= 4 is 5.78 Å². The zero-order chi connectivity index (χ0) is 8.23. The second kappa shape index (κ2) is 1.94. The maximum atomic E-state index is 12.1. The fourth-order valence-corrected chi connectivity index (χ4v) is 3.43. The Morgan fingerprint density at radius 2 is 1.17 bits per heavy atom. The number of ketones is 1. The molecule has 0 atom stereocenters. The third-order valence-electron chi connectivity index (χ3n) is 4.67. The van der Waals surface area contributed by atoms with Gasteiger partial charge in [-0.1, -0.05) is 12.8 Å². The molecule has 3 saturated carbocycles. The molecule has 0 heterocycles. The van der Waals surface area contributed by atoms with Crippen LogP contribution in [0.5, 0.6) is 0 Å². The Hall–Kier alpha value is -0.330. The summed E-state index contributed by atoms with van der Waals surface area (Å²) in [6.45, 7) is 0. The van der Waals surface area contributed by atoms with Crippen LogP contribution in [-0.4, -0.2) is 5.78 Å². The molecule has 0 unspecified atom stereocenters. The summed E-state index contributed by atoms with van der Waals surface area (Å²) < 4.78 is 0. The molecular formula is C11H16O. The van der Waals surface area contributed by atoms with Crippen molar-refractivity contribution in [1.82, 2.24) is 0 Å². The Bertz CT molecular complexity index is 209. The van der Waals surface area contributed by atoms with Crippen LogP contribution in [0.3, 0.4) is 0 Å². The highest BCUT2D eigenvalue weighted by molar-refractivity contribution is 5.93. The van der Waals surface area contributed by atoms with Gasteiger partial charge < -0.3 is 0 Å². The van der Waals surface area contributed by atoms with Crippen LogP contribution in [0.2, 0.25) is 0 Å². The molecule has 12 heavy (non-hydrogen) atoms. The Morgan fingerprint density at radius 1 is 0.750 bits per heavy atom. The highest BCUT2D eigenvalue weighted by Gasteiger charge is 2.60. The number of carbonyl (C=O) groups is 1. The number of carbonyl (C=O) groups excluding carboxylic acids is 1. The van der Waals surface area contributed by atoms with Gasteiger partial charge >= 0.3 is 0 Å². The van der Waals surface area contributed by atoms with E-state index in [-0.39, 0.29) is 10.8 Å². The van der Waals surface area contributed by atoms with E-state index in [9.17, 15) is 4.79 Å². The molecule has 0 aromatic carbocycles. The van der Waals surface area contributed by atoms with Crippen LogP contribution in [-0.2, 0) is 4.79 Å². The summed E-state index contributed by atoms with van der Waals surface area (Å²) in [5.74, 6) is 0.674. The SMILES string of the molecule is O=C1C2(CCC2)CCC12CCC2. The molecule has 3 fully saturated rings. The second-order valence-electron chi connectivity index (χ2n) is 5.10. The quantitative estimate of drug-likeness (QED) is 0.538. The molecule has 0 bridgehead atoms. The summed E-state index contributed by atoms with van der Waals surface area (Å²) in [6.07, 6.45) is 9.93. The topological polar surface area (TPSA) is 17.1 Å². The number of hydrogen-bond donors (Lipinski definition) is 0. The summed E-state index contributed by atoms with van der Waals surface area (Å²) in [4.78, 5) is 12.1. The average Bonchev–Trinajstić information content (AvgIpc) is 2.20. The summed E-state index contributed by atoms with van der Waals surface area (Å²) in [7, 11) is 0. The van der Waals surface area contributed by atoms with Gasteiger partial charge in [0, 0.05) is 10.8 Å². The first-order chi connectivity index (χ1) is 5.78. The Labute approximate surface area is 73.5 Å². The molecule has 0 amide bonds. The standard InChI is InChI=1S/C11H16O/c12-9-10(3-1-4-10)7-8-11(9)5-2-6-11/h1-8H2. The van der Waals surface area contributed by atoms with Crippen molar-refractivity contribution < 1.29 is 4.79 Å². The molecule has 3 rings (SSSR count). The fraction of sp³-hybridized carbons (Fsp3) is 0.909. The van der Waals surface area contributed by atoms with Gasteiger partial charge in [0.2, 0.25) is 0 Å². The van der Waals surface area contributed by atoms with Gasteiger partial charge in [0.05, 0.1) is 0 Å². The summed E-state index contributed by atoms with van der Waals surface area (Å²) in [6, 6.07) is 0. The molecule has 3 aliphatic carbocycles. The summed E-state index contributed by atoms with van der Waals surface area (Å²) in [5.41, 5.74) is 0.445. The zero-order valence-corrected chi connectivity index (χ0v) is 7.57. The van der Waals surface area contributed by atoms with Crippen molar-refractivity contribution in [3.63, 3.8) is 0 Å². The van der Waals surface area contributed by atoms with Crippen molar-refractivity contribution in [3.8, 4) is 0 Å². The molecule has 0 aromatic heterocycles. The smallest absolute Gasteiger partial charge is 0.145 e. The molecular weight excluding hydrogens is 148 g/mol. The predicted molar refractivity (Wildman–Crippen MR) is 46.8 cm³/mol. The summed E-state index contributed by atoms with van der Waals surface area (Å²) >= 11 is 0. The van der Waals surface area contributed by atoms with Crippen LogP contribution >= 0.6 is 0 Å². The van der Waals surface area contributed by atoms with E-state index in [0.29, 0.717) is 5.78 Å². The van der Waals surface area contributed by atoms with E-state index in [1.54, 1.807) is 0 Å². The minimum absolute atomic E-state index is 0.223. The highest BCUT2D eigenvalue weighted by atomic mass is 16.1. The fourth-order valence-electron chi connectivity index (χ4n) is 3.43. The largest absolute Gasteiger partial charge is 0.298 e. The second-order valence-corrected chi connectivity index (χ2v) is 5.10. The van der Waals surface area contributed by atoms with Crippen LogP contribution in [0, 0.1) is 10.8 Å². The molecule has 3 aliphatic rings. The van der Waals surface area contributed by atoms with E-state index >= 15 is 0 Å². The van der Waals surface area contributed by atoms with Gasteiger partial charge in [-0.05, 0) is 38.5 Å². The predicted octanol–water partition coefficient (Wildman–Crippen LogP) is 2.69. The number of Topliss-reactive ketones (excluding diaryl/α,β-unsaturated/α-hetero) is 1. The first-order valence-corrected chi connectivity index (χ1v) is 5.33. The molecule has 0 aliphatic heterocycles. The highest BCUT2D eigenvalue weighted by Crippen LogP contribution is 2.62. The first-order valence-electron chi connectivity index (χ1n) is 5.33. The first kappa shape index (κ1) is 7.11. The lowest BCUT2D eigenvalue weighted by Gasteiger charge is -2.42. The number of hydrogen-bond acceptors (Lipinski definition) is 1. The van der Waals surface area contributed by atoms with Gasteiger partial charge in [0.25, 0.3) is 0 Å². The van der Waals surface area contributed by atoms with E-state index < -0.39 is 0 Å². The molecule has 1 nitrogen and oxygen atoms in total. The molecule has 0 radical (unpaired) electrons. The third-order valence-corrected chi connectivity index (χ3v) is 4.67. The molecule has 0 N–H and O–H groups in total. The van der Waals surface area contributed by atoms with Gasteiger partial charge in [-0.3, -0.25) is 4.79 Å². The minimum Gasteiger partial charge on any atom is -0.298 e. The zero-order valence-electron chi connectivity index (χ0n) is 7.57. The molecule has 66 valence electrons. The van der Waals surface area contributed by atoms with E-state index in [1.165, 1.54) is 51.4 Å². The monoisotopic (exact) mass is 164 g/mol.